The van der Waals surface area contributed by atoms with Gasteiger partial charge in [0.25, 0.3) is 0 Å². The van der Waals surface area contributed by atoms with Crippen molar-refractivity contribution in [2.45, 2.75) is 11.8 Å². The van der Waals surface area contributed by atoms with E-state index in [2.05, 4.69) is 0 Å². The summed E-state index contributed by atoms with van der Waals surface area (Å²) in [6.07, 6.45) is 0. The Morgan fingerprint density at radius 1 is 1.15 bits per heavy atom. The number of rotatable bonds is 4. The predicted octanol–water partition coefficient (Wildman–Crippen LogP) is 2.89. The summed E-state index contributed by atoms with van der Waals surface area (Å²) in [4.78, 5) is 12.5. The van der Waals surface area contributed by atoms with Gasteiger partial charge in [-0.3, -0.25) is 0 Å². The molecule has 0 aromatic heterocycles. The molecule has 0 amide bonds. The van der Waals surface area contributed by atoms with Crippen LogP contribution in [0.1, 0.15) is 15.9 Å². The maximum atomic E-state index is 12.7. The maximum absolute atomic E-state index is 12.7. The molecule has 0 aliphatic carbocycles. The van der Waals surface area contributed by atoms with Crippen LogP contribution in [0.3, 0.4) is 0 Å². The highest BCUT2D eigenvalue weighted by Gasteiger charge is 2.27. The molecule has 0 atom stereocenters. The lowest BCUT2D eigenvalue weighted by atomic mass is 10.2. The molecule has 1 fully saturated rings. The van der Waals surface area contributed by atoms with Gasteiger partial charge in [0.2, 0.25) is 10.0 Å². The van der Waals surface area contributed by atoms with E-state index in [4.69, 9.17) is 21.1 Å². The van der Waals surface area contributed by atoms with Crippen molar-refractivity contribution in [2.75, 3.05) is 26.3 Å². The summed E-state index contributed by atoms with van der Waals surface area (Å²) in [5, 5.41) is 0.307. The molecule has 0 spiro atoms. The van der Waals surface area contributed by atoms with Crippen LogP contribution in [0.4, 0.5) is 0 Å². The largest absolute Gasteiger partial charge is 0.421 e. The van der Waals surface area contributed by atoms with Crippen LogP contribution in [0.2, 0.25) is 5.02 Å². The van der Waals surface area contributed by atoms with E-state index in [1.807, 2.05) is 6.92 Å². The molecule has 0 unspecified atom stereocenters. The van der Waals surface area contributed by atoms with E-state index in [9.17, 15) is 13.2 Å². The van der Waals surface area contributed by atoms with Crippen LogP contribution < -0.4 is 4.74 Å². The minimum atomic E-state index is -3.69. The molecule has 138 valence electrons. The van der Waals surface area contributed by atoms with Crippen molar-refractivity contribution in [1.29, 1.82) is 0 Å². The van der Waals surface area contributed by atoms with Gasteiger partial charge in [0, 0.05) is 13.1 Å². The topological polar surface area (TPSA) is 72.9 Å². The molecule has 2 aromatic rings. The summed E-state index contributed by atoms with van der Waals surface area (Å²) in [6, 6.07) is 10.9. The van der Waals surface area contributed by atoms with Crippen LogP contribution >= 0.6 is 11.6 Å². The van der Waals surface area contributed by atoms with Crippen molar-refractivity contribution in [1.82, 2.24) is 4.31 Å². The number of hydrogen-bond donors (Lipinski definition) is 0. The first-order valence-electron chi connectivity index (χ1n) is 8.04. The third-order valence-corrected chi connectivity index (χ3v) is 6.17. The molecule has 8 heteroatoms. The summed E-state index contributed by atoms with van der Waals surface area (Å²) in [5.74, 6) is -0.436. The van der Waals surface area contributed by atoms with E-state index in [1.165, 1.54) is 28.6 Å². The van der Waals surface area contributed by atoms with Crippen LogP contribution in [0, 0.1) is 6.92 Å². The molecule has 6 nitrogen and oxygen atoms in total. The van der Waals surface area contributed by atoms with E-state index < -0.39 is 16.0 Å². The van der Waals surface area contributed by atoms with Crippen molar-refractivity contribution < 1.29 is 22.7 Å². The van der Waals surface area contributed by atoms with Crippen molar-refractivity contribution >= 4 is 27.6 Å². The number of benzene rings is 2. The number of hydrogen-bond acceptors (Lipinski definition) is 5. The Morgan fingerprint density at radius 2 is 1.88 bits per heavy atom. The molecule has 1 saturated heterocycles. The number of esters is 1. The number of carbonyl (C=O) groups is 1. The van der Waals surface area contributed by atoms with E-state index in [0.29, 0.717) is 18.2 Å². The van der Waals surface area contributed by atoms with Gasteiger partial charge in [0.05, 0.1) is 28.7 Å². The molecule has 0 bridgehead atoms. The van der Waals surface area contributed by atoms with E-state index in [0.717, 1.165) is 5.56 Å². The molecule has 1 aliphatic heterocycles. The summed E-state index contributed by atoms with van der Waals surface area (Å²) < 4.78 is 37.3. The number of ether oxygens (including phenoxy) is 2. The third-order valence-electron chi connectivity index (χ3n) is 3.97. The smallest absolute Gasteiger partial charge is 0.343 e. The summed E-state index contributed by atoms with van der Waals surface area (Å²) >= 11 is 6.04. The van der Waals surface area contributed by atoms with Gasteiger partial charge in [-0.05, 0) is 42.8 Å². The molecule has 1 aliphatic rings. The number of nitrogens with zero attached hydrogens (tertiary/aromatic N) is 1. The molecule has 0 saturated carbocycles. The molecule has 1 heterocycles. The molecular weight excluding hydrogens is 378 g/mol. The molecule has 3 rings (SSSR count). The van der Waals surface area contributed by atoms with Crippen molar-refractivity contribution in [3.05, 3.63) is 58.6 Å². The average Bonchev–Trinajstić information content (AvgIpc) is 2.65. The minimum Gasteiger partial charge on any atom is -0.421 e. The molecule has 0 radical (unpaired) electrons. The first-order valence-corrected chi connectivity index (χ1v) is 9.86. The quantitative estimate of drug-likeness (QED) is 0.588. The minimum absolute atomic E-state index is 0.0455. The first kappa shape index (κ1) is 18.8. The van der Waals surface area contributed by atoms with Gasteiger partial charge in [-0.1, -0.05) is 23.7 Å². The maximum Gasteiger partial charge on any atom is 0.343 e. The summed E-state index contributed by atoms with van der Waals surface area (Å²) in [6.45, 7) is 3.13. The highest BCUT2D eigenvalue weighted by molar-refractivity contribution is 7.89. The average molecular weight is 396 g/mol. The second-order valence-electron chi connectivity index (χ2n) is 5.87. The number of sulfonamides is 1. The van der Waals surface area contributed by atoms with Gasteiger partial charge >= 0.3 is 5.97 Å². The first-order chi connectivity index (χ1) is 12.4. The van der Waals surface area contributed by atoms with Gasteiger partial charge < -0.3 is 9.47 Å². The van der Waals surface area contributed by atoms with E-state index in [-0.39, 0.29) is 29.3 Å². The van der Waals surface area contributed by atoms with Crippen LogP contribution in [-0.4, -0.2) is 45.0 Å². The van der Waals surface area contributed by atoms with Crippen molar-refractivity contribution in [3.8, 4) is 5.75 Å². The normalized spacial score (nSPS) is 15.6. The van der Waals surface area contributed by atoms with Crippen LogP contribution in [0.15, 0.2) is 47.4 Å². The highest BCUT2D eigenvalue weighted by Crippen LogP contribution is 2.26. The third kappa shape index (κ3) is 4.07. The number of halogens is 1. The SMILES string of the molecule is Cc1ccc(Cl)c(OC(=O)c2cccc(S(=O)(=O)N3CCOCC3)c2)c1. The zero-order valence-electron chi connectivity index (χ0n) is 14.1. The van der Waals surface area contributed by atoms with Crippen LogP contribution in [-0.2, 0) is 14.8 Å². The Labute approximate surface area is 157 Å². The Bertz CT molecular complexity index is 923. The van der Waals surface area contributed by atoms with Gasteiger partial charge in [-0.25, -0.2) is 13.2 Å². The van der Waals surface area contributed by atoms with Gasteiger partial charge in [0.15, 0.2) is 0 Å². The molecule has 26 heavy (non-hydrogen) atoms. The molecular formula is C18H18ClNO5S. The number of carbonyl (C=O) groups excluding carboxylic acids is 1. The monoisotopic (exact) mass is 395 g/mol. The van der Waals surface area contributed by atoms with E-state index >= 15 is 0 Å². The lowest BCUT2D eigenvalue weighted by Gasteiger charge is -2.26. The van der Waals surface area contributed by atoms with E-state index in [1.54, 1.807) is 18.2 Å². The summed E-state index contributed by atoms with van der Waals surface area (Å²) in [5.41, 5.74) is 1.03. The number of aryl methyl sites for hydroxylation is 1. The van der Waals surface area contributed by atoms with Crippen molar-refractivity contribution in [2.24, 2.45) is 0 Å². The van der Waals surface area contributed by atoms with Gasteiger partial charge in [-0.2, -0.15) is 4.31 Å². The molecule has 2 aromatic carbocycles. The Balaban J connectivity index is 1.84. The lowest BCUT2D eigenvalue weighted by molar-refractivity contribution is 0.0727. The standard InChI is InChI=1S/C18H18ClNO5S/c1-13-5-6-16(19)17(11-13)25-18(21)14-3-2-4-15(12-14)26(22,23)20-7-9-24-10-8-20/h2-6,11-12H,7-10H2,1H3. The zero-order chi connectivity index (χ0) is 18.7. The van der Waals surface area contributed by atoms with Gasteiger partial charge in [-0.15, -0.1) is 0 Å². The molecule has 0 N–H and O–H groups in total. The Morgan fingerprint density at radius 3 is 2.62 bits per heavy atom. The predicted molar refractivity (Wildman–Crippen MR) is 97.2 cm³/mol. The fourth-order valence-electron chi connectivity index (χ4n) is 2.57. The lowest BCUT2D eigenvalue weighted by Crippen LogP contribution is -2.40. The van der Waals surface area contributed by atoms with Gasteiger partial charge in [0.1, 0.15) is 5.75 Å². The van der Waals surface area contributed by atoms with Crippen LogP contribution in [0.25, 0.3) is 0 Å². The van der Waals surface area contributed by atoms with Crippen LogP contribution in [0.5, 0.6) is 5.75 Å². The highest BCUT2D eigenvalue weighted by atomic mass is 35.5. The fourth-order valence-corrected chi connectivity index (χ4v) is 4.18. The Hall–Kier alpha value is -1.93. The zero-order valence-corrected chi connectivity index (χ0v) is 15.7. The fraction of sp³-hybridized carbons (Fsp3) is 0.278. The number of morpholine rings is 1. The second-order valence-corrected chi connectivity index (χ2v) is 8.21. The second kappa shape index (κ2) is 7.75. The summed E-state index contributed by atoms with van der Waals surface area (Å²) in [7, 11) is -3.69. The van der Waals surface area contributed by atoms with Crippen molar-refractivity contribution in [3.63, 3.8) is 0 Å². The Kier molecular flexibility index (Phi) is 5.62.